The van der Waals surface area contributed by atoms with Crippen LogP contribution in [0.5, 0.6) is 0 Å². The summed E-state index contributed by atoms with van der Waals surface area (Å²) >= 11 is 18.0. The number of hydrogen-bond acceptors (Lipinski definition) is 4. The summed E-state index contributed by atoms with van der Waals surface area (Å²) in [6.45, 7) is 0.263. The van der Waals surface area contributed by atoms with E-state index in [2.05, 4.69) is 20.5 Å². The van der Waals surface area contributed by atoms with Crippen LogP contribution >= 0.6 is 34.8 Å². The molecule has 0 saturated carbocycles. The number of amides is 1. The van der Waals surface area contributed by atoms with Gasteiger partial charge in [0.05, 0.1) is 16.6 Å². The summed E-state index contributed by atoms with van der Waals surface area (Å²) in [5, 5.41) is 11.2. The van der Waals surface area contributed by atoms with Gasteiger partial charge in [-0.05, 0) is 23.8 Å². The van der Waals surface area contributed by atoms with E-state index >= 15 is 0 Å². The molecular weight excluding hydrogens is 511 g/mol. The molecule has 14 heteroatoms. The van der Waals surface area contributed by atoms with Gasteiger partial charge < -0.3 is 5.32 Å². The van der Waals surface area contributed by atoms with E-state index in [4.69, 9.17) is 34.8 Å². The Morgan fingerprint density at radius 2 is 1.73 bits per heavy atom. The number of rotatable bonds is 6. The minimum atomic E-state index is -3.12. The number of nitrogens with zero attached hydrogens (tertiary/aromatic N) is 5. The predicted molar refractivity (Wildman–Crippen MR) is 114 cm³/mol. The van der Waals surface area contributed by atoms with Crippen LogP contribution in [0.1, 0.15) is 40.3 Å². The highest BCUT2D eigenvalue weighted by molar-refractivity contribution is 6.42. The third kappa shape index (κ3) is 4.90. The second-order valence-corrected chi connectivity index (χ2v) is 7.95. The van der Waals surface area contributed by atoms with E-state index in [0.29, 0.717) is 20.6 Å². The van der Waals surface area contributed by atoms with E-state index in [1.165, 1.54) is 10.9 Å². The molecule has 4 rings (SSSR count). The number of carbonyl (C=O) groups is 1. The van der Waals surface area contributed by atoms with Crippen LogP contribution < -0.4 is 5.32 Å². The van der Waals surface area contributed by atoms with E-state index in [0.717, 1.165) is 11.6 Å². The lowest BCUT2D eigenvalue weighted by Gasteiger charge is -2.06. The summed E-state index contributed by atoms with van der Waals surface area (Å²) in [7, 11) is 0. The lowest BCUT2D eigenvalue weighted by Crippen LogP contribution is -2.14. The molecule has 0 bridgehead atoms. The SMILES string of the molecule is O=C(Nc1nn(Cc2ccc(Cl)c(Cl)c2)cc1Cl)c1cc2nc(C(F)F)cc(C(F)F)n2n1. The highest BCUT2D eigenvalue weighted by Gasteiger charge is 2.23. The van der Waals surface area contributed by atoms with Crippen molar-refractivity contribution >= 4 is 52.2 Å². The monoisotopic (exact) mass is 520 g/mol. The Labute approximate surface area is 197 Å². The van der Waals surface area contributed by atoms with Crippen molar-refractivity contribution in [2.45, 2.75) is 19.4 Å². The van der Waals surface area contributed by atoms with Gasteiger partial charge in [0, 0.05) is 12.3 Å². The zero-order valence-electron chi connectivity index (χ0n) is 16.1. The van der Waals surface area contributed by atoms with Crippen molar-refractivity contribution in [3.63, 3.8) is 0 Å². The topological polar surface area (TPSA) is 77.1 Å². The molecule has 1 amide bonds. The molecule has 3 heterocycles. The average molecular weight is 522 g/mol. The Morgan fingerprint density at radius 3 is 2.39 bits per heavy atom. The molecule has 3 aromatic heterocycles. The van der Waals surface area contributed by atoms with Gasteiger partial charge in [0.2, 0.25) is 0 Å². The number of alkyl halides is 4. The lowest BCUT2D eigenvalue weighted by atomic mass is 10.2. The number of aromatic nitrogens is 5. The molecule has 0 fully saturated rings. The number of hydrogen-bond donors (Lipinski definition) is 1. The number of carbonyl (C=O) groups excluding carboxylic acids is 1. The van der Waals surface area contributed by atoms with Gasteiger partial charge >= 0.3 is 0 Å². The highest BCUT2D eigenvalue weighted by Crippen LogP contribution is 2.27. The first kappa shape index (κ1) is 23.3. The fourth-order valence-electron chi connectivity index (χ4n) is 2.96. The maximum atomic E-state index is 13.3. The maximum absolute atomic E-state index is 13.3. The van der Waals surface area contributed by atoms with Gasteiger partial charge in [-0.25, -0.2) is 27.1 Å². The Morgan fingerprint density at radius 1 is 0.970 bits per heavy atom. The molecule has 1 aromatic carbocycles. The summed E-state index contributed by atoms with van der Waals surface area (Å²) in [6.07, 6.45) is -4.73. The molecule has 4 aromatic rings. The van der Waals surface area contributed by atoms with Crippen molar-refractivity contribution in [2.75, 3.05) is 5.32 Å². The fraction of sp³-hybridized carbons (Fsp3) is 0.158. The largest absolute Gasteiger partial charge is 0.302 e. The first-order valence-electron chi connectivity index (χ1n) is 9.07. The molecular formula is C19H11Cl3F4N6O. The zero-order valence-corrected chi connectivity index (χ0v) is 18.4. The number of fused-ring (bicyclic) bond motifs is 1. The highest BCUT2D eigenvalue weighted by atomic mass is 35.5. The smallest absolute Gasteiger partial charge is 0.280 e. The van der Waals surface area contributed by atoms with Crippen molar-refractivity contribution in [2.24, 2.45) is 0 Å². The molecule has 0 saturated heterocycles. The van der Waals surface area contributed by atoms with Gasteiger partial charge in [0.15, 0.2) is 17.2 Å². The van der Waals surface area contributed by atoms with Crippen molar-refractivity contribution < 1.29 is 22.4 Å². The van der Waals surface area contributed by atoms with Crippen LogP contribution in [0.4, 0.5) is 23.4 Å². The summed E-state index contributed by atoms with van der Waals surface area (Å²) in [5.74, 6) is -0.866. The second-order valence-electron chi connectivity index (χ2n) is 6.73. The maximum Gasteiger partial charge on any atom is 0.280 e. The van der Waals surface area contributed by atoms with Crippen molar-refractivity contribution in [3.8, 4) is 0 Å². The van der Waals surface area contributed by atoms with Gasteiger partial charge in [0.1, 0.15) is 16.4 Å². The molecule has 0 unspecified atom stereocenters. The van der Waals surface area contributed by atoms with Gasteiger partial charge in [0.25, 0.3) is 18.8 Å². The van der Waals surface area contributed by atoms with Gasteiger partial charge in [-0.15, -0.1) is 0 Å². The van der Waals surface area contributed by atoms with Crippen molar-refractivity contribution in [3.05, 3.63) is 74.2 Å². The summed E-state index contributed by atoms with van der Waals surface area (Å²) in [6, 6.07) is 6.56. The Bertz CT molecular complexity index is 1360. The molecule has 33 heavy (non-hydrogen) atoms. The molecule has 0 radical (unpaired) electrons. The van der Waals surface area contributed by atoms with Crippen molar-refractivity contribution in [1.82, 2.24) is 24.4 Å². The van der Waals surface area contributed by atoms with Crippen LogP contribution in [-0.2, 0) is 6.54 Å². The Kier molecular flexibility index (Phi) is 6.46. The number of nitrogens with one attached hydrogen (secondary N) is 1. The van der Waals surface area contributed by atoms with Crippen LogP contribution in [-0.4, -0.2) is 30.3 Å². The van der Waals surface area contributed by atoms with E-state index < -0.39 is 30.1 Å². The van der Waals surface area contributed by atoms with E-state index in [1.54, 1.807) is 18.2 Å². The third-order valence-electron chi connectivity index (χ3n) is 4.43. The second kappa shape index (κ2) is 9.16. The standard InChI is InChI=1S/C19H11Cl3F4N6O/c20-9-2-1-8(3-10(9)21)6-31-7-11(22)18(30-31)28-19(33)13-5-15-27-12(16(23)24)4-14(17(25)26)32(15)29-13/h1-5,7,16-17H,6H2,(H,28,30,33). The van der Waals surface area contributed by atoms with Crippen LogP contribution in [0.3, 0.4) is 0 Å². The van der Waals surface area contributed by atoms with Crippen LogP contribution in [0.15, 0.2) is 36.5 Å². The third-order valence-corrected chi connectivity index (χ3v) is 5.45. The number of benzene rings is 1. The zero-order chi connectivity index (χ0) is 23.9. The van der Waals surface area contributed by atoms with E-state index in [1.807, 2.05) is 0 Å². The quantitative estimate of drug-likeness (QED) is 0.313. The average Bonchev–Trinajstić information content (AvgIpc) is 3.33. The Balaban J connectivity index is 1.58. The van der Waals surface area contributed by atoms with Crippen molar-refractivity contribution in [1.29, 1.82) is 0 Å². The van der Waals surface area contributed by atoms with E-state index in [-0.39, 0.29) is 28.7 Å². The molecule has 0 aliphatic carbocycles. The van der Waals surface area contributed by atoms with Gasteiger partial charge in [-0.1, -0.05) is 40.9 Å². The summed E-state index contributed by atoms with van der Waals surface area (Å²) in [4.78, 5) is 16.2. The molecule has 0 aliphatic rings. The van der Waals surface area contributed by atoms with Crippen LogP contribution in [0, 0.1) is 0 Å². The molecule has 0 aliphatic heterocycles. The van der Waals surface area contributed by atoms with Crippen LogP contribution in [0.25, 0.3) is 5.65 Å². The summed E-state index contributed by atoms with van der Waals surface area (Å²) in [5.41, 5.74) is -1.58. The summed E-state index contributed by atoms with van der Waals surface area (Å²) < 4.78 is 54.6. The Hall–Kier alpha value is -2.89. The first-order valence-corrected chi connectivity index (χ1v) is 10.2. The predicted octanol–water partition coefficient (Wildman–Crippen LogP) is 6.06. The number of anilines is 1. The molecule has 7 nitrogen and oxygen atoms in total. The lowest BCUT2D eigenvalue weighted by molar-refractivity contribution is 0.102. The van der Waals surface area contributed by atoms with Gasteiger partial charge in [-0.2, -0.15) is 10.2 Å². The minimum absolute atomic E-state index is 0.0194. The molecule has 172 valence electrons. The minimum Gasteiger partial charge on any atom is -0.302 e. The molecule has 0 spiro atoms. The number of halogens is 7. The normalized spacial score (nSPS) is 11.7. The fourth-order valence-corrected chi connectivity index (χ4v) is 3.47. The van der Waals surface area contributed by atoms with E-state index in [9.17, 15) is 22.4 Å². The van der Waals surface area contributed by atoms with Crippen LogP contribution in [0.2, 0.25) is 15.1 Å². The first-order chi connectivity index (χ1) is 15.6. The van der Waals surface area contributed by atoms with Gasteiger partial charge in [-0.3, -0.25) is 9.48 Å². The molecule has 0 atom stereocenters. The molecule has 1 N–H and O–H groups in total.